The third-order valence-electron chi connectivity index (χ3n) is 5.60. The number of para-hydroxylation sites is 1. The zero-order valence-corrected chi connectivity index (χ0v) is 19.0. The molecule has 162 valence electrons. The van der Waals surface area contributed by atoms with Crippen LogP contribution in [0, 0.1) is 13.8 Å². The minimum absolute atomic E-state index is 0.0447. The Morgan fingerprint density at radius 1 is 0.968 bits per heavy atom. The summed E-state index contributed by atoms with van der Waals surface area (Å²) in [5.41, 5.74) is 8.99. The topological polar surface area (TPSA) is 92.4 Å². The Morgan fingerprint density at radius 3 is 2.29 bits per heavy atom. The van der Waals surface area contributed by atoms with E-state index in [0.717, 1.165) is 34.9 Å². The lowest BCUT2D eigenvalue weighted by atomic mass is 10.1. The Hall–Kier alpha value is -2.84. The van der Waals surface area contributed by atoms with E-state index in [-0.39, 0.29) is 15.6 Å². The molecule has 0 aliphatic carbocycles. The van der Waals surface area contributed by atoms with Gasteiger partial charge >= 0.3 is 0 Å². The first kappa shape index (κ1) is 21.4. The van der Waals surface area contributed by atoms with Crippen LogP contribution in [-0.2, 0) is 9.84 Å². The van der Waals surface area contributed by atoms with Gasteiger partial charge in [0, 0.05) is 26.2 Å². The third kappa shape index (κ3) is 4.18. The summed E-state index contributed by atoms with van der Waals surface area (Å²) in [6.45, 7) is 6.65. The van der Waals surface area contributed by atoms with E-state index in [1.54, 1.807) is 18.2 Å². The maximum absolute atomic E-state index is 13.0. The Kier molecular flexibility index (Phi) is 5.77. The number of benzene rings is 2. The first-order valence-electron chi connectivity index (χ1n) is 9.96. The molecule has 0 radical (unpaired) electrons. The van der Waals surface area contributed by atoms with Crippen LogP contribution in [0.2, 0.25) is 5.02 Å². The first-order valence-corrected chi connectivity index (χ1v) is 11.8. The summed E-state index contributed by atoms with van der Waals surface area (Å²) in [7, 11) is -3.80. The van der Waals surface area contributed by atoms with Crippen LogP contribution in [0.4, 0.5) is 17.5 Å². The molecule has 7 nitrogen and oxygen atoms in total. The van der Waals surface area contributed by atoms with Crippen molar-refractivity contribution in [2.75, 3.05) is 41.7 Å². The van der Waals surface area contributed by atoms with Crippen LogP contribution in [0.25, 0.3) is 0 Å². The third-order valence-corrected chi connectivity index (χ3v) is 7.69. The molecular formula is C22H24ClN5O2S. The van der Waals surface area contributed by atoms with Crippen LogP contribution in [-0.4, -0.2) is 44.6 Å². The molecule has 1 aliphatic rings. The lowest BCUT2D eigenvalue weighted by Crippen LogP contribution is -2.47. The number of piperazine rings is 1. The molecule has 1 fully saturated rings. The average molecular weight is 458 g/mol. The normalized spacial score (nSPS) is 14.7. The van der Waals surface area contributed by atoms with Gasteiger partial charge in [0.15, 0.2) is 0 Å². The SMILES string of the molecule is Cc1ccc(S(=O)(=O)c2cnc(N3CCN(c4ccccc4Cl)CC3)nc2N)cc1C. The molecule has 9 heteroatoms. The number of aromatic nitrogens is 2. The average Bonchev–Trinajstić information content (AvgIpc) is 2.76. The van der Waals surface area contributed by atoms with Crippen molar-refractivity contribution in [3.05, 3.63) is 64.8 Å². The van der Waals surface area contributed by atoms with Crippen molar-refractivity contribution in [1.29, 1.82) is 0 Å². The largest absolute Gasteiger partial charge is 0.382 e. The molecule has 0 unspecified atom stereocenters. The summed E-state index contributed by atoms with van der Waals surface area (Å²) in [6, 6.07) is 12.8. The molecule has 0 amide bonds. The van der Waals surface area contributed by atoms with E-state index >= 15 is 0 Å². The number of rotatable bonds is 4. The quantitative estimate of drug-likeness (QED) is 0.641. The van der Waals surface area contributed by atoms with Gasteiger partial charge in [0.2, 0.25) is 15.8 Å². The molecule has 1 saturated heterocycles. The van der Waals surface area contributed by atoms with E-state index in [4.69, 9.17) is 17.3 Å². The van der Waals surface area contributed by atoms with E-state index in [0.29, 0.717) is 19.0 Å². The van der Waals surface area contributed by atoms with Crippen LogP contribution in [0.1, 0.15) is 11.1 Å². The number of nitrogens with two attached hydrogens (primary N) is 1. The van der Waals surface area contributed by atoms with Gasteiger partial charge in [-0.15, -0.1) is 0 Å². The van der Waals surface area contributed by atoms with Crippen LogP contribution in [0.15, 0.2) is 58.5 Å². The minimum Gasteiger partial charge on any atom is -0.382 e. The number of nitrogen functional groups attached to an aromatic ring is 1. The molecule has 2 aromatic carbocycles. The summed E-state index contributed by atoms with van der Waals surface area (Å²) in [5, 5.41) is 0.720. The van der Waals surface area contributed by atoms with Crippen molar-refractivity contribution in [3.63, 3.8) is 0 Å². The van der Waals surface area contributed by atoms with Gasteiger partial charge in [0.1, 0.15) is 10.7 Å². The van der Waals surface area contributed by atoms with Crippen molar-refractivity contribution in [1.82, 2.24) is 9.97 Å². The molecule has 31 heavy (non-hydrogen) atoms. The van der Waals surface area contributed by atoms with Gasteiger partial charge in [-0.3, -0.25) is 0 Å². The Morgan fingerprint density at radius 2 is 1.65 bits per heavy atom. The lowest BCUT2D eigenvalue weighted by molar-refractivity contribution is 0.595. The number of aryl methyl sites for hydroxylation is 2. The highest BCUT2D eigenvalue weighted by atomic mass is 35.5. The van der Waals surface area contributed by atoms with Crippen molar-refractivity contribution >= 4 is 38.9 Å². The second kappa shape index (κ2) is 8.36. The fraction of sp³-hybridized carbons (Fsp3) is 0.273. The van der Waals surface area contributed by atoms with Gasteiger partial charge < -0.3 is 15.5 Å². The van der Waals surface area contributed by atoms with Crippen LogP contribution in [0.5, 0.6) is 0 Å². The van der Waals surface area contributed by atoms with E-state index in [1.165, 1.54) is 6.20 Å². The molecule has 1 aromatic heterocycles. The number of sulfone groups is 1. The molecule has 0 bridgehead atoms. The predicted molar refractivity (Wildman–Crippen MR) is 124 cm³/mol. The first-order chi connectivity index (χ1) is 14.8. The molecule has 2 N–H and O–H groups in total. The number of nitrogens with zero attached hydrogens (tertiary/aromatic N) is 4. The second-order valence-corrected chi connectivity index (χ2v) is 9.92. The maximum atomic E-state index is 13.0. The molecular weight excluding hydrogens is 434 g/mol. The zero-order valence-electron chi connectivity index (χ0n) is 17.4. The number of anilines is 3. The van der Waals surface area contributed by atoms with Crippen molar-refractivity contribution < 1.29 is 8.42 Å². The number of hydrogen-bond donors (Lipinski definition) is 1. The fourth-order valence-corrected chi connectivity index (χ4v) is 5.20. The molecule has 2 heterocycles. The molecule has 0 saturated carbocycles. The van der Waals surface area contributed by atoms with E-state index in [1.807, 2.05) is 43.0 Å². The molecule has 1 aliphatic heterocycles. The van der Waals surface area contributed by atoms with Gasteiger partial charge in [-0.25, -0.2) is 13.4 Å². The van der Waals surface area contributed by atoms with Gasteiger partial charge in [-0.1, -0.05) is 29.8 Å². The minimum atomic E-state index is -3.80. The van der Waals surface area contributed by atoms with Gasteiger partial charge in [0.25, 0.3) is 0 Å². The maximum Gasteiger partial charge on any atom is 0.227 e. The number of halogens is 1. The second-order valence-electron chi connectivity index (χ2n) is 7.59. The lowest BCUT2D eigenvalue weighted by Gasteiger charge is -2.36. The molecule has 0 spiro atoms. The zero-order chi connectivity index (χ0) is 22.2. The predicted octanol–water partition coefficient (Wildman–Crippen LogP) is 3.49. The van der Waals surface area contributed by atoms with Gasteiger partial charge in [0.05, 0.1) is 21.8 Å². The van der Waals surface area contributed by atoms with Crippen LogP contribution < -0.4 is 15.5 Å². The molecule has 3 aromatic rings. The van der Waals surface area contributed by atoms with E-state index in [9.17, 15) is 8.42 Å². The van der Waals surface area contributed by atoms with Crippen molar-refractivity contribution in [3.8, 4) is 0 Å². The van der Waals surface area contributed by atoms with Crippen LogP contribution >= 0.6 is 11.6 Å². The van der Waals surface area contributed by atoms with E-state index in [2.05, 4.69) is 14.9 Å². The summed E-state index contributed by atoms with van der Waals surface area (Å²) < 4.78 is 26.1. The van der Waals surface area contributed by atoms with Crippen molar-refractivity contribution in [2.45, 2.75) is 23.6 Å². The molecule has 4 rings (SSSR count). The Bertz CT molecular complexity index is 1220. The highest BCUT2D eigenvalue weighted by Gasteiger charge is 2.25. The number of hydrogen-bond acceptors (Lipinski definition) is 7. The van der Waals surface area contributed by atoms with Crippen molar-refractivity contribution in [2.24, 2.45) is 0 Å². The van der Waals surface area contributed by atoms with Gasteiger partial charge in [-0.05, 0) is 49.2 Å². The van der Waals surface area contributed by atoms with Crippen LogP contribution in [0.3, 0.4) is 0 Å². The fourth-order valence-electron chi connectivity index (χ4n) is 3.60. The Labute approximate surface area is 187 Å². The highest BCUT2D eigenvalue weighted by molar-refractivity contribution is 7.91. The van der Waals surface area contributed by atoms with Gasteiger partial charge in [-0.2, -0.15) is 4.98 Å². The molecule has 0 atom stereocenters. The monoisotopic (exact) mass is 457 g/mol. The highest BCUT2D eigenvalue weighted by Crippen LogP contribution is 2.29. The summed E-state index contributed by atoms with van der Waals surface area (Å²) in [5.74, 6) is 0.382. The Balaban J connectivity index is 1.53. The smallest absolute Gasteiger partial charge is 0.227 e. The summed E-state index contributed by atoms with van der Waals surface area (Å²) in [6.07, 6.45) is 1.31. The summed E-state index contributed by atoms with van der Waals surface area (Å²) in [4.78, 5) is 13.0. The summed E-state index contributed by atoms with van der Waals surface area (Å²) >= 11 is 6.31. The van der Waals surface area contributed by atoms with E-state index < -0.39 is 9.84 Å². The standard InChI is InChI=1S/C22H24ClN5O2S/c1-15-7-8-17(13-16(15)2)31(29,30)20-14-25-22(26-21(20)24)28-11-9-27(10-12-28)19-6-4-3-5-18(19)23/h3-8,13-14H,9-12H2,1-2H3,(H2,24,25,26).